The van der Waals surface area contributed by atoms with Gasteiger partial charge in [-0.3, -0.25) is 0 Å². The molecule has 1 fully saturated rings. The van der Waals surface area contributed by atoms with Crippen molar-refractivity contribution in [3.63, 3.8) is 0 Å². The van der Waals surface area contributed by atoms with Crippen LogP contribution in [0.5, 0.6) is 0 Å². The van der Waals surface area contributed by atoms with Crippen molar-refractivity contribution in [3.8, 4) is 0 Å². The molecule has 1 saturated heterocycles. The van der Waals surface area contributed by atoms with Gasteiger partial charge in [0.15, 0.2) is 0 Å². The summed E-state index contributed by atoms with van der Waals surface area (Å²) in [6.07, 6.45) is 4.39. The Morgan fingerprint density at radius 3 is 2.89 bits per heavy atom. The molecular formula is C8H16O. The average Bonchev–Trinajstić information content (AvgIpc) is 2.37. The lowest BCUT2D eigenvalue weighted by atomic mass is 10.00. The first-order chi connectivity index (χ1) is 4.34. The molecule has 1 aliphatic heterocycles. The molecule has 0 spiro atoms. The normalized spacial score (nSPS) is 30.7. The van der Waals surface area contributed by atoms with Crippen molar-refractivity contribution in [1.29, 1.82) is 0 Å². The minimum Gasteiger partial charge on any atom is -0.378 e. The summed E-state index contributed by atoms with van der Waals surface area (Å²) < 4.78 is 5.51. The maximum absolute atomic E-state index is 5.51. The fraction of sp³-hybridized carbons (Fsp3) is 1.00. The maximum Gasteiger partial charge on any atom is 0.0601 e. The Balaban J connectivity index is 2.24. The molecule has 1 aliphatic rings. The molecule has 0 saturated carbocycles. The summed E-state index contributed by atoms with van der Waals surface area (Å²) in [5.74, 6) is 0.771. The monoisotopic (exact) mass is 128 g/mol. The van der Waals surface area contributed by atoms with Gasteiger partial charge in [-0.2, -0.15) is 0 Å². The minimum absolute atomic E-state index is 0.579. The van der Waals surface area contributed by atoms with Crippen LogP contribution in [0.25, 0.3) is 0 Å². The number of rotatable bonds is 2. The van der Waals surface area contributed by atoms with Crippen molar-refractivity contribution in [2.75, 3.05) is 6.61 Å². The molecule has 0 radical (unpaired) electrons. The lowest BCUT2D eigenvalue weighted by Gasteiger charge is -2.15. The van der Waals surface area contributed by atoms with Crippen molar-refractivity contribution >= 4 is 0 Å². The zero-order valence-electron chi connectivity index (χ0n) is 6.39. The summed E-state index contributed by atoms with van der Waals surface area (Å²) in [6.45, 7) is 5.50. The van der Waals surface area contributed by atoms with Crippen molar-refractivity contribution in [2.24, 2.45) is 5.92 Å². The summed E-state index contributed by atoms with van der Waals surface area (Å²) in [6, 6.07) is 0. The first-order valence-corrected chi connectivity index (χ1v) is 3.96. The highest BCUT2D eigenvalue weighted by Crippen LogP contribution is 2.21. The van der Waals surface area contributed by atoms with Gasteiger partial charge in [0.05, 0.1) is 6.10 Å². The van der Waals surface area contributed by atoms with Crippen LogP contribution in [-0.2, 0) is 4.74 Å². The van der Waals surface area contributed by atoms with E-state index in [0.29, 0.717) is 6.10 Å². The SMILES string of the molecule is CC[C@H](C)C1CCCO1. The molecule has 0 bridgehead atoms. The third kappa shape index (κ3) is 1.68. The van der Waals surface area contributed by atoms with E-state index < -0.39 is 0 Å². The second-order valence-corrected chi connectivity index (χ2v) is 2.94. The van der Waals surface area contributed by atoms with E-state index >= 15 is 0 Å². The fourth-order valence-electron chi connectivity index (χ4n) is 1.31. The summed E-state index contributed by atoms with van der Waals surface area (Å²) in [5, 5.41) is 0. The average molecular weight is 128 g/mol. The Kier molecular flexibility index (Phi) is 2.52. The summed E-state index contributed by atoms with van der Waals surface area (Å²) in [4.78, 5) is 0. The highest BCUT2D eigenvalue weighted by atomic mass is 16.5. The van der Waals surface area contributed by atoms with Crippen LogP contribution < -0.4 is 0 Å². The molecule has 54 valence electrons. The molecule has 1 nitrogen and oxygen atoms in total. The molecule has 1 unspecified atom stereocenters. The van der Waals surface area contributed by atoms with Gasteiger partial charge < -0.3 is 4.74 Å². The van der Waals surface area contributed by atoms with Crippen LogP contribution in [0.1, 0.15) is 33.1 Å². The lowest BCUT2D eigenvalue weighted by molar-refractivity contribution is 0.0681. The van der Waals surface area contributed by atoms with E-state index in [1.807, 2.05) is 0 Å². The number of hydrogen-bond donors (Lipinski definition) is 0. The van der Waals surface area contributed by atoms with Crippen LogP contribution in [0.2, 0.25) is 0 Å². The Morgan fingerprint density at radius 1 is 1.67 bits per heavy atom. The molecular weight excluding hydrogens is 112 g/mol. The largest absolute Gasteiger partial charge is 0.378 e. The number of ether oxygens (including phenoxy) is 1. The van der Waals surface area contributed by atoms with Gasteiger partial charge in [0.1, 0.15) is 0 Å². The molecule has 9 heavy (non-hydrogen) atoms. The molecule has 0 aromatic heterocycles. The highest BCUT2D eigenvalue weighted by Gasteiger charge is 2.20. The van der Waals surface area contributed by atoms with Gasteiger partial charge in [0.25, 0.3) is 0 Å². The van der Waals surface area contributed by atoms with Crippen molar-refractivity contribution < 1.29 is 4.74 Å². The molecule has 0 aromatic rings. The van der Waals surface area contributed by atoms with E-state index in [0.717, 1.165) is 12.5 Å². The molecule has 2 atom stereocenters. The summed E-state index contributed by atoms with van der Waals surface area (Å²) in [5.41, 5.74) is 0. The molecule has 1 heteroatoms. The molecule has 1 heterocycles. The lowest BCUT2D eigenvalue weighted by Crippen LogP contribution is -2.15. The van der Waals surface area contributed by atoms with Crippen LogP contribution >= 0.6 is 0 Å². The molecule has 0 aliphatic carbocycles. The quantitative estimate of drug-likeness (QED) is 0.554. The van der Waals surface area contributed by atoms with Crippen LogP contribution in [0.15, 0.2) is 0 Å². The van der Waals surface area contributed by atoms with E-state index in [1.54, 1.807) is 0 Å². The van der Waals surface area contributed by atoms with Gasteiger partial charge >= 0.3 is 0 Å². The number of hydrogen-bond acceptors (Lipinski definition) is 1. The van der Waals surface area contributed by atoms with Gasteiger partial charge in [-0.1, -0.05) is 20.3 Å². The van der Waals surface area contributed by atoms with Crippen LogP contribution in [0.3, 0.4) is 0 Å². The summed E-state index contributed by atoms with van der Waals surface area (Å²) >= 11 is 0. The van der Waals surface area contributed by atoms with Gasteiger partial charge in [0, 0.05) is 6.61 Å². The van der Waals surface area contributed by atoms with E-state index in [-0.39, 0.29) is 0 Å². The zero-order chi connectivity index (χ0) is 6.69. The Labute approximate surface area is 57.4 Å². The van der Waals surface area contributed by atoms with Crippen molar-refractivity contribution in [3.05, 3.63) is 0 Å². The molecule has 1 rings (SSSR count). The van der Waals surface area contributed by atoms with Gasteiger partial charge in [-0.15, -0.1) is 0 Å². The van der Waals surface area contributed by atoms with Gasteiger partial charge in [-0.25, -0.2) is 0 Å². The zero-order valence-corrected chi connectivity index (χ0v) is 6.39. The first-order valence-electron chi connectivity index (χ1n) is 3.96. The Morgan fingerprint density at radius 2 is 2.44 bits per heavy atom. The predicted molar refractivity (Wildman–Crippen MR) is 38.4 cm³/mol. The van der Waals surface area contributed by atoms with E-state index in [4.69, 9.17) is 4.74 Å². The molecule has 0 amide bonds. The summed E-state index contributed by atoms with van der Waals surface area (Å²) in [7, 11) is 0. The predicted octanol–water partition coefficient (Wildman–Crippen LogP) is 2.21. The third-order valence-electron chi connectivity index (χ3n) is 2.24. The maximum atomic E-state index is 5.51. The van der Waals surface area contributed by atoms with Gasteiger partial charge in [0.2, 0.25) is 0 Å². The fourth-order valence-corrected chi connectivity index (χ4v) is 1.31. The topological polar surface area (TPSA) is 9.23 Å². The first kappa shape index (κ1) is 7.07. The van der Waals surface area contributed by atoms with Crippen LogP contribution in [-0.4, -0.2) is 12.7 Å². The third-order valence-corrected chi connectivity index (χ3v) is 2.24. The minimum atomic E-state index is 0.579. The van der Waals surface area contributed by atoms with E-state index in [1.165, 1.54) is 19.3 Å². The standard InChI is InChI=1S/C8H16O/c1-3-7(2)8-5-4-6-9-8/h7-8H,3-6H2,1-2H3/t7-,8?/m0/s1. The van der Waals surface area contributed by atoms with Crippen LogP contribution in [0, 0.1) is 5.92 Å². The van der Waals surface area contributed by atoms with E-state index in [2.05, 4.69) is 13.8 Å². The molecule has 0 aromatic carbocycles. The Hall–Kier alpha value is -0.0400. The highest BCUT2D eigenvalue weighted by molar-refractivity contribution is 4.69. The second-order valence-electron chi connectivity index (χ2n) is 2.94. The smallest absolute Gasteiger partial charge is 0.0601 e. The Bertz CT molecular complexity index is 74.6. The van der Waals surface area contributed by atoms with E-state index in [9.17, 15) is 0 Å². The van der Waals surface area contributed by atoms with Crippen molar-refractivity contribution in [2.45, 2.75) is 39.2 Å². The second kappa shape index (κ2) is 3.21. The van der Waals surface area contributed by atoms with Crippen molar-refractivity contribution in [1.82, 2.24) is 0 Å². The molecule has 0 N–H and O–H groups in total. The van der Waals surface area contributed by atoms with Gasteiger partial charge in [-0.05, 0) is 18.8 Å². The van der Waals surface area contributed by atoms with Crippen LogP contribution in [0.4, 0.5) is 0 Å².